The molecule has 1 saturated carbocycles. The van der Waals surface area contributed by atoms with E-state index in [0.29, 0.717) is 23.8 Å². The number of benzene rings is 1. The summed E-state index contributed by atoms with van der Waals surface area (Å²) in [6.45, 7) is 2.14. The summed E-state index contributed by atoms with van der Waals surface area (Å²) in [6.07, 6.45) is 6.35. The number of aromatic nitrogens is 1. The molecule has 1 aromatic carbocycles. The van der Waals surface area contributed by atoms with Crippen molar-refractivity contribution in [3.05, 3.63) is 60.6 Å². The number of hydrogen-bond acceptors (Lipinski definition) is 4. The van der Waals surface area contributed by atoms with Crippen LogP contribution in [-0.4, -0.2) is 41.5 Å². The maximum Gasteiger partial charge on any atom is 0.321 e. The summed E-state index contributed by atoms with van der Waals surface area (Å²) in [6, 6.07) is 13.1. The molecule has 3 amide bonds. The Balaban J connectivity index is 1.10. The van der Waals surface area contributed by atoms with Crippen LogP contribution in [0.25, 0.3) is 11.0 Å². The summed E-state index contributed by atoms with van der Waals surface area (Å²) in [7, 11) is 0. The Kier molecular flexibility index (Phi) is 4.65. The molecule has 2 fully saturated rings. The number of nitrogens with zero attached hydrogens (tertiary/aromatic N) is 2. The van der Waals surface area contributed by atoms with Crippen LogP contribution in [-0.2, 0) is 0 Å². The van der Waals surface area contributed by atoms with Crippen molar-refractivity contribution >= 4 is 28.6 Å². The molecule has 3 aromatic rings. The molecule has 1 saturated heterocycles. The van der Waals surface area contributed by atoms with Gasteiger partial charge in [-0.05, 0) is 54.9 Å². The summed E-state index contributed by atoms with van der Waals surface area (Å²) in [5.74, 6) is 0.597. The molecule has 0 radical (unpaired) electrons. The Morgan fingerprint density at radius 2 is 1.97 bits per heavy atom. The first-order valence-electron chi connectivity index (χ1n) is 10.4. The van der Waals surface area contributed by atoms with Gasteiger partial charge in [0, 0.05) is 36.9 Å². The first kappa shape index (κ1) is 18.7. The molecule has 7 nitrogen and oxygen atoms in total. The molecule has 3 heterocycles. The van der Waals surface area contributed by atoms with Crippen molar-refractivity contribution in [1.29, 1.82) is 0 Å². The second-order valence-corrected chi connectivity index (χ2v) is 8.28. The molecule has 2 aromatic heterocycles. The number of piperidine rings is 1. The van der Waals surface area contributed by atoms with Gasteiger partial charge in [0.15, 0.2) is 11.3 Å². The Morgan fingerprint density at radius 1 is 1.17 bits per heavy atom. The van der Waals surface area contributed by atoms with Crippen molar-refractivity contribution in [3.8, 4) is 0 Å². The van der Waals surface area contributed by atoms with Crippen molar-refractivity contribution in [2.75, 3.05) is 25.0 Å². The third-order valence-electron chi connectivity index (χ3n) is 6.49. The van der Waals surface area contributed by atoms with Crippen LogP contribution in [0.4, 0.5) is 10.5 Å². The number of pyridine rings is 1. The summed E-state index contributed by atoms with van der Waals surface area (Å²) in [5.41, 5.74) is 1.69. The standard InChI is InChI=1S/C23H24N4O3/c28-21(19-12-16-6-9-24-15-20(16)30-19)25-14-17-13-23(17)7-10-27(11-8-23)22(29)26-18-4-2-1-3-5-18/h1-6,9,12,15,17H,7-8,10-11,13-14H2,(H,25,28)(H,26,29). The van der Waals surface area contributed by atoms with Gasteiger partial charge in [0.25, 0.3) is 5.91 Å². The molecule has 1 unspecified atom stereocenters. The number of hydrogen-bond donors (Lipinski definition) is 2. The largest absolute Gasteiger partial charge is 0.449 e. The van der Waals surface area contributed by atoms with Gasteiger partial charge in [-0.3, -0.25) is 9.78 Å². The summed E-state index contributed by atoms with van der Waals surface area (Å²) in [4.78, 5) is 30.8. The normalized spacial score (nSPS) is 19.6. The maximum atomic E-state index is 12.5. The highest BCUT2D eigenvalue weighted by atomic mass is 16.3. The van der Waals surface area contributed by atoms with E-state index in [1.54, 1.807) is 18.5 Å². The van der Waals surface area contributed by atoms with Crippen LogP contribution in [0.2, 0.25) is 0 Å². The zero-order valence-electron chi connectivity index (χ0n) is 16.6. The van der Waals surface area contributed by atoms with Gasteiger partial charge in [-0.2, -0.15) is 0 Å². The van der Waals surface area contributed by atoms with E-state index in [1.807, 2.05) is 41.3 Å². The molecule has 2 N–H and O–H groups in total. The number of carbonyl (C=O) groups is 2. The first-order chi connectivity index (χ1) is 14.6. The zero-order chi connectivity index (χ0) is 20.6. The van der Waals surface area contributed by atoms with Crippen molar-refractivity contribution < 1.29 is 14.0 Å². The van der Waals surface area contributed by atoms with Crippen molar-refractivity contribution in [3.63, 3.8) is 0 Å². The van der Waals surface area contributed by atoms with E-state index < -0.39 is 0 Å². The van der Waals surface area contributed by atoms with Crippen molar-refractivity contribution in [2.24, 2.45) is 11.3 Å². The Hall–Kier alpha value is -3.35. The van der Waals surface area contributed by atoms with Gasteiger partial charge in [0.05, 0.1) is 6.20 Å². The second-order valence-electron chi connectivity index (χ2n) is 8.28. The van der Waals surface area contributed by atoms with Gasteiger partial charge in [-0.15, -0.1) is 0 Å². The minimum atomic E-state index is -0.187. The maximum absolute atomic E-state index is 12.5. The van der Waals surface area contributed by atoms with E-state index in [1.165, 1.54) is 0 Å². The van der Waals surface area contributed by atoms with Crippen LogP contribution in [0.3, 0.4) is 0 Å². The number of urea groups is 1. The molecule has 1 aliphatic carbocycles. The summed E-state index contributed by atoms with van der Waals surface area (Å²) < 4.78 is 5.58. The molecule has 7 heteroatoms. The van der Waals surface area contributed by atoms with Gasteiger partial charge >= 0.3 is 6.03 Å². The first-order valence-corrected chi connectivity index (χ1v) is 10.4. The second kappa shape index (κ2) is 7.48. The SMILES string of the molecule is O=C(NCC1CC12CCN(C(=O)Nc1ccccc1)CC2)c1cc2ccncc2o1. The van der Waals surface area contributed by atoms with Crippen LogP contribution in [0, 0.1) is 11.3 Å². The molecule has 154 valence electrons. The van der Waals surface area contributed by atoms with Crippen LogP contribution in [0.15, 0.2) is 59.3 Å². The smallest absolute Gasteiger partial charge is 0.321 e. The fraction of sp³-hybridized carbons (Fsp3) is 0.348. The molecule has 5 rings (SSSR count). The van der Waals surface area contributed by atoms with Crippen LogP contribution in [0.1, 0.15) is 29.8 Å². The lowest BCUT2D eigenvalue weighted by molar-refractivity contribution is 0.0923. The number of carbonyl (C=O) groups excluding carboxylic acids is 2. The predicted octanol–water partition coefficient (Wildman–Crippen LogP) is 3.89. The lowest BCUT2D eigenvalue weighted by atomic mass is 9.91. The van der Waals surface area contributed by atoms with Gasteiger partial charge in [-0.1, -0.05) is 18.2 Å². The topological polar surface area (TPSA) is 87.5 Å². The summed E-state index contributed by atoms with van der Waals surface area (Å²) in [5, 5.41) is 6.84. The van der Waals surface area contributed by atoms with Crippen molar-refractivity contribution in [1.82, 2.24) is 15.2 Å². The number of amides is 3. The minimum absolute atomic E-state index is 0.0408. The van der Waals surface area contributed by atoms with Crippen molar-refractivity contribution in [2.45, 2.75) is 19.3 Å². The highest BCUT2D eigenvalue weighted by Gasteiger charge is 2.54. The monoisotopic (exact) mass is 404 g/mol. The quantitative estimate of drug-likeness (QED) is 0.691. The molecular formula is C23H24N4O3. The van der Waals surface area contributed by atoms with E-state index in [0.717, 1.165) is 43.4 Å². The number of likely N-dealkylation sites (tertiary alicyclic amines) is 1. The van der Waals surface area contributed by atoms with Gasteiger partial charge < -0.3 is 20.0 Å². The van der Waals surface area contributed by atoms with Crippen LogP contribution < -0.4 is 10.6 Å². The van der Waals surface area contributed by atoms with Crippen LogP contribution in [0.5, 0.6) is 0 Å². The number of fused-ring (bicyclic) bond motifs is 1. The van der Waals surface area contributed by atoms with E-state index in [9.17, 15) is 9.59 Å². The highest BCUT2D eigenvalue weighted by Crippen LogP contribution is 2.59. The number of nitrogens with one attached hydrogen (secondary N) is 2. The fourth-order valence-corrected chi connectivity index (χ4v) is 4.51. The Morgan fingerprint density at radius 3 is 2.73 bits per heavy atom. The minimum Gasteiger partial charge on any atom is -0.449 e. The Bertz CT molecular complexity index is 1040. The molecule has 1 aliphatic heterocycles. The average Bonchev–Trinajstić information content (AvgIpc) is 3.25. The van der Waals surface area contributed by atoms with E-state index in [2.05, 4.69) is 15.6 Å². The lowest BCUT2D eigenvalue weighted by Gasteiger charge is -2.33. The van der Waals surface area contributed by atoms with Gasteiger partial charge in [-0.25, -0.2) is 4.79 Å². The molecule has 1 spiro atoms. The van der Waals surface area contributed by atoms with E-state index in [4.69, 9.17) is 4.42 Å². The molecule has 1 atom stereocenters. The van der Waals surface area contributed by atoms with E-state index in [-0.39, 0.29) is 17.4 Å². The average molecular weight is 404 g/mol. The Labute approximate surface area is 174 Å². The molecule has 2 aliphatic rings. The highest BCUT2D eigenvalue weighted by molar-refractivity contribution is 5.95. The van der Waals surface area contributed by atoms with E-state index >= 15 is 0 Å². The number of rotatable bonds is 4. The molecular weight excluding hydrogens is 380 g/mol. The number of furan rings is 1. The zero-order valence-corrected chi connectivity index (χ0v) is 16.6. The van der Waals surface area contributed by atoms with Crippen LogP contribution >= 0.6 is 0 Å². The number of para-hydroxylation sites is 1. The number of anilines is 1. The molecule has 0 bridgehead atoms. The fourth-order valence-electron chi connectivity index (χ4n) is 4.51. The third kappa shape index (κ3) is 3.63. The third-order valence-corrected chi connectivity index (χ3v) is 6.49. The molecule has 30 heavy (non-hydrogen) atoms. The predicted molar refractivity (Wildman–Crippen MR) is 113 cm³/mol. The summed E-state index contributed by atoms with van der Waals surface area (Å²) >= 11 is 0. The van der Waals surface area contributed by atoms with Gasteiger partial charge in [0.2, 0.25) is 0 Å². The van der Waals surface area contributed by atoms with Gasteiger partial charge in [0.1, 0.15) is 0 Å². The lowest BCUT2D eigenvalue weighted by Crippen LogP contribution is -2.42.